The number of carboxylic acids is 1. The first-order chi connectivity index (χ1) is 23.1. The molecule has 0 radical (unpaired) electrons. The summed E-state index contributed by atoms with van der Waals surface area (Å²) < 4.78 is 21.8. The molecule has 4 N–H and O–H groups in total. The van der Waals surface area contributed by atoms with Gasteiger partial charge in [-0.3, -0.25) is 19.4 Å². The van der Waals surface area contributed by atoms with E-state index in [2.05, 4.69) is 4.98 Å². The Morgan fingerprint density at radius 3 is 2.43 bits per heavy atom. The molecule has 0 saturated carbocycles. The van der Waals surface area contributed by atoms with Crippen molar-refractivity contribution in [2.45, 2.75) is 70.8 Å². The summed E-state index contributed by atoms with van der Waals surface area (Å²) in [4.78, 5) is 46.2. The van der Waals surface area contributed by atoms with Crippen molar-refractivity contribution >= 4 is 35.1 Å². The number of rotatable bonds is 9. The summed E-state index contributed by atoms with van der Waals surface area (Å²) in [5, 5.41) is 41.6. The number of anilines is 1. The number of likely N-dealkylation sites (tertiary alicyclic amines) is 1. The van der Waals surface area contributed by atoms with Gasteiger partial charge in [0.2, 0.25) is 0 Å². The lowest BCUT2D eigenvalue weighted by molar-refractivity contribution is -0.157. The lowest BCUT2D eigenvalue weighted by Gasteiger charge is -2.46. The molecular weight excluding hydrogens is 657 g/mol. The van der Waals surface area contributed by atoms with Gasteiger partial charge in [0.1, 0.15) is 23.8 Å². The lowest BCUT2D eigenvalue weighted by atomic mass is 9.77. The van der Waals surface area contributed by atoms with Gasteiger partial charge in [-0.1, -0.05) is 56.6 Å². The first-order valence-electron chi connectivity index (χ1n) is 16.2. The number of hydrogen-bond acceptors (Lipinski definition) is 8. The van der Waals surface area contributed by atoms with E-state index in [4.69, 9.17) is 16.3 Å². The number of benzene rings is 2. The second kappa shape index (κ2) is 14.0. The fraction of sp³-hybridized carbons (Fsp3) is 0.444. The van der Waals surface area contributed by atoms with Crippen LogP contribution in [0.4, 0.5) is 10.1 Å². The van der Waals surface area contributed by atoms with Crippen LogP contribution in [0.2, 0.25) is 5.02 Å². The Bertz CT molecular complexity index is 1740. The van der Waals surface area contributed by atoms with Gasteiger partial charge < -0.3 is 35.0 Å². The summed E-state index contributed by atoms with van der Waals surface area (Å²) >= 11 is 6.18. The summed E-state index contributed by atoms with van der Waals surface area (Å²) in [5.74, 6) is -3.47. The molecule has 262 valence electrons. The third kappa shape index (κ3) is 7.00. The largest absolute Gasteiger partial charge is 0.489 e. The number of nitrogens with zero attached hydrogens (tertiary/aromatic N) is 3. The van der Waals surface area contributed by atoms with Crippen molar-refractivity contribution in [2.24, 2.45) is 11.3 Å². The molecule has 49 heavy (non-hydrogen) atoms. The first kappa shape index (κ1) is 36.2. The number of pyridine rings is 1. The van der Waals surface area contributed by atoms with Crippen LogP contribution < -0.4 is 9.64 Å². The number of aliphatic hydroxyl groups excluding tert-OH is 2. The Hall–Kier alpha value is -4.10. The average molecular weight is 698 g/mol. The van der Waals surface area contributed by atoms with Crippen LogP contribution in [-0.2, 0) is 9.59 Å². The van der Waals surface area contributed by atoms with E-state index in [1.807, 2.05) is 20.8 Å². The van der Waals surface area contributed by atoms with Gasteiger partial charge in [-0.25, -0.2) is 4.39 Å². The normalized spacial score (nSPS) is 21.2. The minimum absolute atomic E-state index is 0.0537. The van der Waals surface area contributed by atoms with Crippen molar-refractivity contribution in [3.8, 4) is 16.9 Å². The number of hydrogen-bond donors (Lipinski definition) is 4. The highest BCUT2D eigenvalue weighted by Crippen LogP contribution is 2.44. The molecule has 2 aliphatic heterocycles. The van der Waals surface area contributed by atoms with Gasteiger partial charge in [0, 0.05) is 43.9 Å². The number of aliphatic hydroxyl groups is 3. The second-order valence-corrected chi connectivity index (χ2v) is 14.2. The van der Waals surface area contributed by atoms with Crippen LogP contribution in [0.15, 0.2) is 54.7 Å². The van der Waals surface area contributed by atoms with Gasteiger partial charge >= 0.3 is 5.97 Å². The summed E-state index contributed by atoms with van der Waals surface area (Å²) in [6.07, 6.45) is -0.911. The number of halogens is 2. The second-order valence-electron chi connectivity index (χ2n) is 13.8. The van der Waals surface area contributed by atoms with Crippen molar-refractivity contribution in [1.82, 2.24) is 9.88 Å². The Morgan fingerprint density at radius 2 is 1.82 bits per heavy atom. The number of para-hydroxylation sites is 1. The SMILES string of the molecule is C[C@@H](Oc1ccccc1-c1ccc(C(=O)N2CCC(N3C(=O)C(O)(CCO)C(O)c4ncc(Cl)cc43)CC2)c(F)c1)C(C(=O)O)C(C)(C)C. The molecule has 11 nitrogen and oxygen atoms in total. The Labute approximate surface area is 288 Å². The molecule has 4 atom stereocenters. The zero-order valence-electron chi connectivity index (χ0n) is 27.8. The van der Waals surface area contributed by atoms with E-state index in [1.54, 1.807) is 37.3 Å². The number of carbonyl (C=O) groups is 3. The smallest absolute Gasteiger partial charge is 0.310 e. The van der Waals surface area contributed by atoms with Crippen LogP contribution in [0.5, 0.6) is 5.75 Å². The number of carboxylic acid groups (broad SMARTS) is 1. The maximum Gasteiger partial charge on any atom is 0.310 e. The quantitative estimate of drug-likeness (QED) is 0.245. The molecule has 3 aromatic rings. The van der Waals surface area contributed by atoms with Crippen LogP contribution >= 0.6 is 11.6 Å². The van der Waals surface area contributed by atoms with Crippen LogP contribution in [0.1, 0.15) is 69.1 Å². The average Bonchev–Trinajstić information content (AvgIpc) is 3.03. The third-order valence-electron chi connectivity index (χ3n) is 9.41. The highest BCUT2D eigenvalue weighted by Gasteiger charge is 2.54. The van der Waals surface area contributed by atoms with E-state index in [0.717, 1.165) is 0 Å². The van der Waals surface area contributed by atoms with E-state index in [1.165, 1.54) is 34.2 Å². The summed E-state index contributed by atoms with van der Waals surface area (Å²) in [5.41, 5.74) is -1.72. The molecule has 2 aromatic carbocycles. The molecule has 0 aliphatic carbocycles. The Balaban J connectivity index is 1.33. The highest BCUT2D eigenvalue weighted by molar-refractivity contribution is 6.30. The molecule has 3 heterocycles. The molecule has 0 bridgehead atoms. The van der Waals surface area contributed by atoms with Crippen molar-refractivity contribution in [3.05, 3.63) is 76.8 Å². The van der Waals surface area contributed by atoms with Gasteiger partial charge in [-0.15, -0.1) is 0 Å². The predicted octanol–water partition coefficient (Wildman–Crippen LogP) is 4.85. The van der Waals surface area contributed by atoms with Gasteiger partial charge in [-0.05, 0) is 55.0 Å². The van der Waals surface area contributed by atoms with E-state index in [-0.39, 0.29) is 47.9 Å². The molecule has 2 aliphatic rings. The molecular formula is C36H41ClFN3O8. The van der Waals surface area contributed by atoms with Gasteiger partial charge in [-0.2, -0.15) is 0 Å². The number of aromatic nitrogens is 1. The molecule has 2 amide bonds. The van der Waals surface area contributed by atoms with Gasteiger partial charge in [0.15, 0.2) is 5.60 Å². The molecule has 1 aromatic heterocycles. The fourth-order valence-corrected chi connectivity index (χ4v) is 7.14. The van der Waals surface area contributed by atoms with Crippen molar-refractivity contribution in [2.75, 3.05) is 24.6 Å². The topological polar surface area (TPSA) is 161 Å². The summed E-state index contributed by atoms with van der Waals surface area (Å²) in [6.45, 7) is 6.97. The van der Waals surface area contributed by atoms with Gasteiger partial charge in [0.05, 0.1) is 27.9 Å². The molecule has 1 saturated heterocycles. The molecule has 3 unspecified atom stereocenters. The molecule has 0 spiro atoms. The maximum atomic E-state index is 15.6. The van der Waals surface area contributed by atoms with Crippen molar-refractivity contribution in [3.63, 3.8) is 0 Å². The molecule has 5 rings (SSSR count). The predicted molar refractivity (Wildman–Crippen MR) is 180 cm³/mol. The fourth-order valence-electron chi connectivity index (χ4n) is 6.99. The zero-order chi connectivity index (χ0) is 35.8. The van der Waals surface area contributed by atoms with Crippen LogP contribution in [0, 0.1) is 17.2 Å². The van der Waals surface area contributed by atoms with E-state index in [0.29, 0.717) is 16.9 Å². The van der Waals surface area contributed by atoms with Crippen LogP contribution in [0.25, 0.3) is 11.1 Å². The van der Waals surface area contributed by atoms with E-state index in [9.17, 15) is 34.8 Å². The minimum atomic E-state index is -2.30. The number of amides is 2. The van der Waals surface area contributed by atoms with E-state index < -0.39 is 71.8 Å². The first-order valence-corrected chi connectivity index (χ1v) is 16.5. The van der Waals surface area contributed by atoms with Gasteiger partial charge in [0.25, 0.3) is 11.8 Å². The Kier molecular flexibility index (Phi) is 10.4. The zero-order valence-corrected chi connectivity index (χ0v) is 28.5. The molecule has 1 fully saturated rings. The highest BCUT2D eigenvalue weighted by atomic mass is 35.5. The minimum Gasteiger partial charge on any atom is -0.489 e. The van der Waals surface area contributed by atoms with Crippen molar-refractivity contribution < 1.29 is 43.9 Å². The number of ether oxygens (including phenoxy) is 1. The molecule has 13 heteroatoms. The summed E-state index contributed by atoms with van der Waals surface area (Å²) in [7, 11) is 0. The summed E-state index contributed by atoms with van der Waals surface area (Å²) in [6, 6.07) is 12.2. The lowest BCUT2D eigenvalue weighted by Crippen LogP contribution is -2.61. The van der Waals surface area contributed by atoms with E-state index >= 15 is 4.39 Å². The number of carbonyl (C=O) groups excluding carboxylic acids is 2. The number of aliphatic carboxylic acids is 1. The van der Waals surface area contributed by atoms with Crippen LogP contribution in [-0.4, -0.2) is 85.5 Å². The number of piperidine rings is 1. The monoisotopic (exact) mass is 697 g/mol. The number of fused-ring (bicyclic) bond motifs is 1. The Morgan fingerprint density at radius 1 is 1.14 bits per heavy atom. The van der Waals surface area contributed by atoms with Crippen molar-refractivity contribution in [1.29, 1.82) is 0 Å². The third-order valence-corrected chi connectivity index (χ3v) is 9.62. The standard InChI is InChI=1S/C36H41ClFN3O8/c1-20(29(33(45)46)35(2,3)4)49-28-8-6-5-7-24(28)21-9-10-25(26(38)17-21)32(44)40-14-11-23(12-15-40)41-27-18-22(37)19-39-30(27)31(43)36(48,13-16-42)34(41)47/h5-10,17-20,23,29,31,42-43,48H,11-16H2,1-4H3,(H,45,46)/t20-,29?,31?,36?/m1/s1. The maximum absolute atomic E-state index is 15.6. The van der Waals surface area contributed by atoms with Crippen LogP contribution in [0.3, 0.4) is 0 Å².